The topological polar surface area (TPSA) is 41.9 Å². The summed E-state index contributed by atoms with van der Waals surface area (Å²) in [6.07, 6.45) is -8.46. The number of benzene rings is 3. The molecule has 0 radical (unpaired) electrons. The highest BCUT2D eigenvalue weighted by Gasteiger charge is 2.32. The minimum absolute atomic E-state index is 0.264. The lowest BCUT2D eigenvalue weighted by Crippen LogP contribution is -2.35. The zero-order valence-electron chi connectivity index (χ0n) is 19.6. The smallest absolute Gasteiger partial charge is 0.406 e. The van der Waals surface area contributed by atoms with Crippen LogP contribution in [0.4, 0.5) is 26.3 Å². The van der Waals surface area contributed by atoms with Crippen molar-refractivity contribution in [3.63, 3.8) is 0 Å². The van der Waals surface area contributed by atoms with E-state index < -0.39 is 18.6 Å². The van der Waals surface area contributed by atoms with E-state index >= 15 is 0 Å². The van der Waals surface area contributed by atoms with Gasteiger partial charge in [-0.15, -0.1) is 26.3 Å². The van der Waals surface area contributed by atoms with E-state index in [1.807, 2.05) is 24.3 Å². The average Bonchev–Trinajstić information content (AvgIpc) is 2.82. The van der Waals surface area contributed by atoms with Crippen molar-refractivity contribution in [1.29, 1.82) is 0 Å². The van der Waals surface area contributed by atoms with Crippen LogP contribution in [0.3, 0.4) is 0 Å². The molecule has 1 fully saturated rings. The van der Waals surface area contributed by atoms with Gasteiger partial charge >= 0.3 is 12.7 Å². The van der Waals surface area contributed by atoms with E-state index in [0.717, 1.165) is 37.1 Å². The van der Waals surface area contributed by atoms with Gasteiger partial charge in [0.15, 0.2) is 0 Å². The van der Waals surface area contributed by atoms with Gasteiger partial charge in [-0.05, 0) is 59.4 Å². The summed E-state index contributed by atoms with van der Waals surface area (Å²) in [5.41, 5.74) is 3.14. The van der Waals surface area contributed by atoms with Crippen LogP contribution in [0, 0.1) is 0 Å². The van der Waals surface area contributed by atoms with Gasteiger partial charge in [0, 0.05) is 25.6 Å². The SMILES string of the molecule is OC1CCN(Cc2ccc(C(c3ccc(OC(F)(F)F)cc3)c3ccc(OC(F)(F)F)cc3)cc2)CC1. The van der Waals surface area contributed by atoms with Gasteiger partial charge in [-0.2, -0.15) is 0 Å². The highest BCUT2D eigenvalue weighted by molar-refractivity contribution is 5.46. The zero-order valence-corrected chi connectivity index (χ0v) is 19.6. The maximum Gasteiger partial charge on any atom is 0.573 e. The van der Waals surface area contributed by atoms with Gasteiger partial charge in [0.25, 0.3) is 0 Å². The third-order valence-electron chi connectivity index (χ3n) is 6.17. The minimum Gasteiger partial charge on any atom is -0.406 e. The molecule has 37 heavy (non-hydrogen) atoms. The highest BCUT2D eigenvalue weighted by Crippen LogP contribution is 2.35. The van der Waals surface area contributed by atoms with Crippen molar-refractivity contribution in [2.24, 2.45) is 0 Å². The van der Waals surface area contributed by atoms with Crippen LogP contribution in [0.5, 0.6) is 11.5 Å². The second kappa shape index (κ2) is 11.0. The predicted molar refractivity (Wildman–Crippen MR) is 124 cm³/mol. The van der Waals surface area contributed by atoms with Crippen molar-refractivity contribution < 1.29 is 40.9 Å². The lowest BCUT2D eigenvalue weighted by molar-refractivity contribution is -0.275. The number of nitrogens with zero attached hydrogens (tertiary/aromatic N) is 1. The average molecular weight is 525 g/mol. The van der Waals surface area contributed by atoms with Gasteiger partial charge in [0.1, 0.15) is 11.5 Å². The van der Waals surface area contributed by atoms with E-state index in [1.54, 1.807) is 0 Å². The summed E-state index contributed by atoms with van der Waals surface area (Å²) in [6, 6.07) is 18.5. The molecule has 0 unspecified atom stereocenters. The minimum atomic E-state index is -4.82. The first kappa shape index (κ1) is 26.8. The molecule has 4 rings (SSSR count). The van der Waals surface area contributed by atoms with Gasteiger partial charge < -0.3 is 14.6 Å². The number of piperidine rings is 1. The maximum atomic E-state index is 12.6. The molecule has 0 saturated carbocycles. The normalized spacial score (nSPS) is 15.7. The Bertz CT molecular complexity index is 1080. The number of ether oxygens (including phenoxy) is 2. The molecule has 1 saturated heterocycles. The van der Waals surface area contributed by atoms with Crippen LogP contribution in [0.2, 0.25) is 0 Å². The molecular weight excluding hydrogens is 500 g/mol. The Morgan fingerprint density at radius 1 is 0.676 bits per heavy atom. The lowest BCUT2D eigenvalue weighted by atomic mass is 9.85. The first-order valence-corrected chi connectivity index (χ1v) is 11.7. The Morgan fingerprint density at radius 3 is 1.43 bits per heavy atom. The first-order valence-electron chi connectivity index (χ1n) is 11.7. The summed E-state index contributed by atoms with van der Waals surface area (Å²) in [6.45, 7) is 2.30. The molecule has 1 aliphatic rings. The molecule has 0 amide bonds. The van der Waals surface area contributed by atoms with E-state index in [1.165, 1.54) is 48.5 Å². The van der Waals surface area contributed by atoms with Crippen molar-refractivity contribution in [3.05, 3.63) is 95.1 Å². The van der Waals surface area contributed by atoms with Crippen LogP contribution in [-0.2, 0) is 6.54 Å². The number of likely N-dealkylation sites (tertiary alicyclic amines) is 1. The summed E-state index contributed by atoms with van der Waals surface area (Å²) in [5.74, 6) is -1.20. The Balaban J connectivity index is 1.60. The number of rotatable bonds is 7. The van der Waals surface area contributed by atoms with Crippen LogP contribution < -0.4 is 9.47 Å². The zero-order chi connectivity index (χ0) is 26.6. The van der Waals surface area contributed by atoms with Crippen LogP contribution in [0.15, 0.2) is 72.8 Å². The van der Waals surface area contributed by atoms with Gasteiger partial charge in [-0.1, -0.05) is 48.5 Å². The number of hydrogen-bond donors (Lipinski definition) is 1. The van der Waals surface area contributed by atoms with Crippen molar-refractivity contribution in [3.8, 4) is 11.5 Å². The second-order valence-corrected chi connectivity index (χ2v) is 8.92. The summed E-state index contributed by atoms with van der Waals surface area (Å²) in [7, 11) is 0. The van der Waals surface area contributed by atoms with E-state index in [9.17, 15) is 31.4 Å². The summed E-state index contributed by atoms with van der Waals surface area (Å²) in [5, 5.41) is 9.70. The fraction of sp³-hybridized carbons (Fsp3) is 0.333. The number of alkyl halides is 6. The Morgan fingerprint density at radius 2 is 1.05 bits per heavy atom. The predicted octanol–water partition coefficient (Wildman–Crippen LogP) is 6.62. The van der Waals surface area contributed by atoms with E-state index in [2.05, 4.69) is 14.4 Å². The van der Waals surface area contributed by atoms with Gasteiger partial charge in [-0.25, -0.2) is 0 Å². The number of aliphatic hydroxyl groups is 1. The molecule has 1 heterocycles. The van der Waals surface area contributed by atoms with Crippen LogP contribution in [0.1, 0.15) is 41.0 Å². The van der Waals surface area contributed by atoms with Crippen molar-refractivity contribution in [2.45, 2.75) is 44.1 Å². The van der Waals surface area contributed by atoms with E-state index in [4.69, 9.17) is 0 Å². The van der Waals surface area contributed by atoms with Gasteiger partial charge in [0.2, 0.25) is 0 Å². The maximum absolute atomic E-state index is 12.6. The van der Waals surface area contributed by atoms with Crippen molar-refractivity contribution in [1.82, 2.24) is 4.90 Å². The molecule has 3 aromatic carbocycles. The molecule has 10 heteroatoms. The summed E-state index contributed by atoms with van der Waals surface area (Å²) < 4.78 is 83.4. The molecule has 0 aliphatic carbocycles. The van der Waals surface area contributed by atoms with Crippen LogP contribution >= 0.6 is 0 Å². The summed E-state index contributed by atoms with van der Waals surface area (Å²) >= 11 is 0. The molecule has 198 valence electrons. The fourth-order valence-corrected chi connectivity index (χ4v) is 4.45. The second-order valence-electron chi connectivity index (χ2n) is 8.92. The molecule has 4 nitrogen and oxygen atoms in total. The van der Waals surface area contributed by atoms with E-state index in [-0.39, 0.29) is 17.6 Å². The molecule has 1 N–H and O–H groups in total. The molecule has 0 atom stereocenters. The Hall–Kier alpha value is -3.24. The highest BCUT2D eigenvalue weighted by atomic mass is 19.4. The molecule has 0 aromatic heterocycles. The standard InChI is InChI=1S/C27H25F6NO3/c28-26(29,30)36-23-9-5-20(6-10-23)25(21-7-11-24(12-8-21)37-27(31,32)33)19-3-1-18(2-4-19)17-34-15-13-22(35)14-16-34/h1-12,22,25,35H,13-17H2. The molecule has 0 spiro atoms. The Kier molecular flexibility index (Phi) is 7.99. The lowest BCUT2D eigenvalue weighted by Gasteiger charge is -2.29. The molecule has 1 aliphatic heterocycles. The number of halogens is 6. The fourth-order valence-electron chi connectivity index (χ4n) is 4.45. The summed E-state index contributed by atoms with van der Waals surface area (Å²) in [4.78, 5) is 2.25. The van der Waals surface area contributed by atoms with E-state index in [0.29, 0.717) is 17.7 Å². The Labute approximate surface area is 210 Å². The van der Waals surface area contributed by atoms with Crippen molar-refractivity contribution >= 4 is 0 Å². The number of aliphatic hydroxyl groups excluding tert-OH is 1. The largest absolute Gasteiger partial charge is 0.573 e. The first-order chi connectivity index (χ1) is 17.4. The van der Waals surface area contributed by atoms with Crippen LogP contribution in [0.25, 0.3) is 0 Å². The van der Waals surface area contributed by atoms with Gasteiger partial charge in [0.05, 0.1) is 6.10 Å². The molecule has 0 bridgehead atoms. The van der Waals surface area contributed by atoms with Crippen molar-refractivity contribution in [2.75, 3.05) is 13.1 Å². The molecule has 3 aromatic rings. The van der Waals surface area contributed by atoms with Gasteiger partial charge in [-0.3, -0.25) is 4.90 Å². The molecular formula is C27H25F6NO3. The third-order valence-corrected chi connectivity index (χ3v) is 6.17. The third kappa shape index (κ3) is 7.87. The quantitative estimate of drug-likeness (QED) is 0.278. The van der Waals surface area contributed by atoms with Crippen LogP contribution in [-0.4, -0.2) is 41.9 Å². The number of hydrogen-bond acceptors (Lipinski definition) is 4. The monoisotopic (exact) mass is 525 g/mol.